The van der Waals surface area contributed by atoms with E-state index in [0.29, 0.717) is 12.2 Å². The summed E-state index contributed by atoms with van der Waals surface area (Å²) in [6, 6.07) is 11.2. The minimum atomic E-state index is -0.774. The molecule has 31 heavy (non-hydrogen) atoms. The first-order valence-corrected chi connectivity index (χ1v) is 10.3. The summed E-state index contributed by atoms with van der Waals surface area (Å²) in [6.07, 6.45) is 5.75. The lowest BCUT2D eigenvalue weighted by Crippen LogP contribution is -2.09. The average molecular weight is 419 g/mol. The Labute approximate surface area is 179 Å². The van der Waals surface area contributed by atoms with Crippen LogP contribution in [0.5, 0.6) is 5.75 Å². The topological polar surface area (TPSA) is 84.3 Å². The highest BCUT2D eigenvalue weighted by Gasteiger charge is 2.45. The lowest BCUT2D eigenvalue weighted by molar-refractivity contribution is -0.138. The van der Waals surface area contributed by atoms with Crippen molar-refractivity contribution in [1.82, 2.24) is 9.97 Å². The molecule has 0 spiro atoms. The number of carbonyl (C=O) groups is 1. The number of aliphatic carboxylic acids is 1. The van der Waals surface area contributed by atoms with E-state index in [2.05, 4.69) is 21.4 Å². The number of aromatic nitrogens is 2. The highest BCUT2D eigenvalue weighted by molar-refractivity contribution is 5.75. The van der Waals surface area contributed by atoms with Gasteiger partial charge in [-0.05, 0) is 53.6 Å². The second-order valence-corrected chi connectivity index (χ2v) is 8.07. The van der Waals surface area contributed by atoms with Crippen LogP contribution in [0.15, 0.2) is 48.8 Å². The van der Waals surface area contributed by atoms with Crippen LogP contribution in [0.1, 0.15) is 41.6 Å². The molecule has 0 aliphatic heterocycles. The van der Waals surface area contributed by atoms with Gasteiger partial charge in [0.15, 0.2) is 11.6 Å². The molecule has 7 heteroatoms. The Morgan fingerprint density at radius 3 is 2.77 bits per heavy atom. The van der Waals surface area contributed by atoms with E-state index < -0.39 is 5.97 Å². The third-order valence-corrected chi connectivity index (χ3v) is 6.21. The Bertz CT molecular complexity index is 1150. The van der Waals surface area contributed by atoms with E-state index in [1.165, 1.54) is 24.3 Å². The smallest absolute Gasteiger partial charge is 0.307 e. The van der Waals surface area contributed by atoms with Crippen LogP contribution >= 0.6 is 0 Å². The van der Waals surface area contributed by atoms with Crippen LogP contribution in [0.2, 0.25) is 0 Å². The molecule has 2 aliphatic rings. The summed E-state index contributed by atoms with van der Waals surface area (Å²) in [5.74, 6) is -0.617. The van der Waals surface area contributed by atoms with Crippen molar-refractivity contribution >= 4 is 11.8 Å². The lowest BCUT2D eigenvalue weighted by Gasteiger charge is -2.16. The standard InChI is InChI=1S/C24H22FN3O3/c1-31-22-8-5-13(9-19(22)25)14-3-2-4-16-15(14)6-7-20(16)28-23-12-26-21(11-27-23)17-10-18(17)24(29)30/h2-5,8-9,11-12,17-18,20H,6-7,10H2,1H3,(H,27,28)(H,29,30)/t17-,18-,20+/m0/s1. The highest BCUT2D eigenvalue weighted by Crippen LogP contribution is 2.46. The van der Waals surface area contributed by atoms with E-state index in [1.807, 2.05) is 18.2 Å². The first-order chi connectivity index (χ1) is 15.0. The largest absolute Gasteiger partial charge is 0.494 e. The maximum Gasteiger partial charge on any atom is 0.307 e. The second-order valence-electron chi connectivity index (χ2n) is 8.07. The van der Waals surface area contributed by atoms with Gasteiger partial charge in [0.05, 0.1) is 37.2 Å². The number of rotatable bonds is 6. The third kappa shape index (κ3) is 3.60. The third-order valence-electron chi connectivity index (χ3n) is 6.21. The van der Waals surface area contributed by atoms with E-state index in [1.54, 1.807) is 18.5 Å². The second kappa shape index (κ2) is 7.65. The number of nitrogens with zero attached hydrogens (tertiary/aromatic N) is 2. The number of hydrogen-bond donors (Lipinski definition) is 2. The Morgan fingerprint density at radius 2 is 2.10 bits per heavy atom. The van der Waals surface area contributed by atoms with Gasteiger partial charge in [-0.25, -0.2) is 9.37 Å². The van der Waals surface area contributed by atoms with Crippen LogP contribution in [-0.2, 0) is 11.2 Å². The normalized spacial score (nSPS) is 21.4. The Morgan fingerprint density at radius 1 is 1.23 bits per heavy atom. The molecule has 158 valence electrons. The minimum Gasteiger partial charge on any atom is -0.494 e. The molecule has 3 aromatic rings. The molecule has 0 unspecified atom stereocenters. The Kier molecular flexibility index (Phi) is 4.81. The number of nitrogens with one attached hydrogen (secondary N) is 1. The van der Waals surface area contributed by atoms with Gasteiger partial charge >= 0.3 is 5.97 Å². The average Bonchev–Trinajstić information content (AvgIpc) is 3.49. The summed E-state index contributed by atoms with van der Waals surface area (Å²) in [7, 11) is 1.46. The Balaban J connectivity index is 1.35. The molecular formula is C24H22FN3O3. The predicted molar refractivity (Wildman–Crippen MR) is 114 cm³/mol. The summed E-state index contributed by atoms with van der Waals surface area (Å²) in [5, 5.41) is 12.5. The van der Waals surface area contributed by atoms with Gasteiger partial charge in [0.1, 0.15) is 5.82 Å². The summed E-state index contributed by atoms with van der Waals surface area (Å²) in [5.41, 5.74) is 4.97. The van der Waals surface area contributed by atoms with E-state index in [-0.39, 0.29) is 29.4 Å². The van der Waals surface area contributed by atoms with Crippen molar-refractivity contribution in [3.63, 3.8) is 0 Å². The summed E-state index contributed by atoms with van der Waals surface area (Å²) >= 11 is 0. The lowest BCUT2D eigenvalue weighted by atomic mass is 9.96. The van der Waals surface area contributed by atoms with E-state index >= 15 is 0 Å². The van der Waals surface area contributed by atoms with Crippen LogP contribution in [0.3, 0.4) is 0 Å². The van der Waals surface area contributed by atoms with Crippen LogP contribution in [-0.4, -0.2) is 28.2 Å². The molecule has 2 aromatic carbocycles. The molecule has 0 bridgehead atoms. The number of fused-ring (bicyclic) bond motifs is 1. The minimum absolute atomic E-state index is 0.0290. The molecule has 0 amide bonds. The fraction of sp³-hybridized carbons (Fsp3) is 0.292. The molecule has 1 saturated carbocycles. The number of anilines is 1. The zero-order valence-corrected chi connectivity index (χ0v) is 17.0. The van der Waals surface area contributed by atoms with Crippen molar-refractivity contribution in [3.8, 4) is 16.9 Å². The summed E-state index contributed by atoms with van der Waals surface area (Å²) in [4.78, 5) is 19.9. The fourth-order valence-electron chi connectivity index (χ4n) is 4.49. The molecule has 1 fully saturated rings. The quantitative estimate of drug-likeness (QED) is 0.609. The molecule has 0 saturated heterocycles. The molecule has 2 aliphatic carbocycles. The van der Waals surface area contributed by atoms with Gasteiger partial charge in [0.25, 0.3) is 0 Å². The number of hydrogen-bond acceptors (Lipinski definition) is 5. The molecule has 0 radical (unpaired) electrons. The van der Waals surface area contributed by atoms with Gasteiger partial charge in [0, 0.05) is 5.92 Å². The molecule has 5 rings (SSSR count). The molecular weight excluding hydrogens is 397 g/mol. The van der Waals surface area contributed by atoms with Crippen LogP contribution in [0, 0.1) is 11.7 Å². The van der Waals surface area contributed by atoms with Crippen molar-refractivity contribution in [2.45, 2.75) is 31.2 Å². The van der Waals surface area contributed by atoms with Gasteiger partial charge in [-0.3, -0.25) is 9.78 Å². The van der Waals surface area contributed by atoms with Gasteiger partial charge in [0.2, 0.25) is 0 Å². The molecule has 3 atom stereocenters. The van der Waals surface area contributed by atoms with Gasteiger partial charge in [-0.1, -0.05) is 24.3 Å². The van der Waals surface area contributed by atoms with E-state index in [9.17, 15) is 9.18 Å². The number of benzene rings is 2. The van der Waals surface area contributed by atoms with E-state index in [0.717, 1.165) is 29.7 Å². The number of carboxylic acids is 1. The van der Waals surface area contributed by atoms with Crippen molar-refractivity contribution in [3.05, 3.63) is 71.4 Å². The maximum absolute atomic E-state index is 14.2. The zero-order valence-electron chi connectivity index (χ0n) is 17.0. The van der Waals surface area contributed by atoms with Gasteiger partial charge in [-0.2, -0.15) is 0 Å². The van der Waals surface area contributed by atoms with Crippen molar-refractivity contribution < 1.29 is 19.0 Å². The summed E-state index contributed by atoms with van der Waals surface area (Å²) in [6.45, 7) is 0. The Hall–Kier alpha value is -3.48. The maximum atomic E-state index is 14.2. The van der Waals surface area contributed by atoms with E-state index in [4.69, 9.17) is 9.84 Å². The number of carboxylic acid groups (broad SMARTS) is 1. The first-order valence-electron chi connectivity index (χ1n) is 10.3. The van der Waals surface area contributed by atoms with Crippen molar-refractivity contribution in [2.75, 3.05) is 12.4 Å². The number of ether oxygens (including phenoxy) is 1. The molecule has 6 nitrogen and oxygen atoms in total. The van der Waals surface area contributed by atoms with Crippen LogP contribution in [0.25, 0.3) is 11.1 Å². The first kappa shape index (κ1) is 19.5. The van der Waals surface area contributed by atoms with Gasteiger partial charge in [-0.15, -0.1) is 0 Å². The van der Waals surface area contributed by atoms with Gasteiger partial charge < -0.3 is 15.2 Å². The SMILES string of the molecule is COc1ccc(-c2cccc3c2CC[C@H]3Nc2cnc([C@H]3C[C@@H]3C(=O)O)cn2)cc1F. The molecule has 1 heterocycles. The van der Waals surface area contributed by atoms with Crippen LogP contribution < -0.4 is 10.1 Å². The van der Waals surface area contributed by atoms with Crippen molar-refractivity contribution in [2.24, 2.45) is 5.92 Å². The highest BCUT2D eigenvalue weighted by atomic mass is 19.1. The summed E-state index contributed by atoms with van der Waals surface area (Å²) < 4.78 is 19.3. The van der Waals surface area contributed by atoms with Crippen LogP contribution in [0.4, 0.5) is 10.2 Å². The number of methoxy groups -OCH3 is 1. The monoisotopic (exact) mass is 419 g/mol. The molecule has 1 aromatic heterocycles. The molecule has 2 N–H and O–H groups in total. The zero-order chi connectivity index (χ0) is 21.5. The van der Waals surface area contributed by atoms with Crippen molar-refractivity contribution in [1.29, 1.82) is 0 Å². The fourth-order valence-corrected chi connectivity index (χ4v) is 4.49. The number of halogens is 1. The predicted octanol–water partition coefficient (Wildman–Crippen LogP) is 4.58.